The summed E-state index contributed by atoms with van der Waals surface area (Å²) >= 11 is 0. The van der Waals surface area contributed by atoms with E-state index in [1.807, 2.05) is 0 Å². The van der Waals surface area contributed by atoms with Crippen molar-refractivity contribution in [1.82, 2.24) is 14.3 Å². The highest BCUT2D eigenvalue weighted by Gasteiger charge is 2.47. The molecule has 0 spiro atoms. The van der Waals surface area contributed by atoms with Crippen molar-refractivity contribution in [1.29, 1.82) is 0 Å². The van der Waals surface area contributed by atoms with Gasteiger partial charge in [-0.1, -0.05) is 0 Å². The van der Waals surface area contributed by atoms with Gasteiger partial charge in [-0.3, -0.25) is 0 Å². The lowest BCUT2D eigenvalue weighted by Crippen LogP contribution is -2.42. The Morgan fingerprint density at radius 3 is 2.74 bits per heavy atom. The number of hydrogen-bond acceptors (Lipinski definition) is 5. The molecule has 23 heavy (non-hydrogen) atoms. The van der Waals surface area contributed by atoms with E-state index >= 15 is 0 Å². The van der Waals surface area contributed by atoms with Gasteiger partial charge in [0.05, 0.1) is 23.7 Å². The minimum absolute atomic E-state index is 0.0190. The topological polar surface area (TPSA) is 72.4 Å². The first kappa shape index (κ1) is 14.6. The molecule has 1 saturated heterocycles. The Morgan fingerprint density at radius 1 is 1.22 bits per heavy atom. The van der Waals surface area contributed by atoms with Crippen molar-refractivity contribution in [2.45, 2.75) is 36.2 Å². The van der Waals surface area contributed by atoms with Crippen molar-refractivity contribution in [3.05, 3.63) is 48.0 Å². The summed E-state index contributed by atoms with van der Waals surface area (Å²) < 4.78 is 33.0. The van der Waals surface area contributed by atoms with Crippen LogP contribution in [0.3, 0.4) is 0 Å². The smallest absolute Gasteiger partial charge is 0.243 e. The van der Waals surface area contributed by atoms with E-state index in [9.17, 15) is 8.42 Å². The van der Waals surface area contributed by atoms with Gasteiger partial charge in [0, 0.05) is 24.2 Å². The second kappa shape index (κ2) is 5.28. The maximum Gasteiger partial charge on any atom is 0.243 e. The van der Waals surface area contributed by atoms with Gasteiger partial charge in [0.2, 0.25) is 10.0 Å². The van der Waals surface area contributed by atoms with E-state index < -0.39 is 10.0 Å². The van der Waals surface area contributed by atoms with Gasteiger partial charge < -0.3 is 4.74 Å². The van der Waals surface area contributed by atoms with Crippen LogP contribution in [0, 0.1) is 0 Å². The van der Waals surface area contributed by atoms with Gasteiger partial charge >= 0.3 is 0 Å². The molecular formula is C16H17N3O3S. The van der Waals surface area contributed by atoms with Gasteiger partial charge in [-0.2, -0.15) is 4.31 Å². The molecule has 0 aliphatic carbocycles. The maximum atomic E-state index is 13.1. The van der Waals surface area contributed by atoms with Crippen molar-refractivity contribution in [3.63, 3.8) is 0 Å². The number of aromatic nitrogens is 2. The molecule has 7 heteroatoms. The van der Waals surface area contributed by atoms with Gasteiger partial charge in [-0.05, 0) is 37.1 Å². The molecule has 2 bridgehead atoms. The fourth-order valence-corrected chi connectivity index (χ4v) is 5.46. The first-order chi connectivity index (χ1) is 11.1. The number of sulfonamides is 1. The van der Waals surface area contributed by atoms with Crippen LogP contribution in [0.1, 0.15) is 30.1 Å². The molecule has 120 valence electrons. The molecule has 2 aromatic rings. The molecular weight excluding hydrogens is 314 g/mol. The summed E-state index contributed by atoms with van der Waals surface area (Å²) in [6.07, 6.45) is 5.62. The predicted molar refractivity (Wildman–Crippen MR) is 83.5 cm³/mol. The second-order valence-electron chi connectivity index (χ2n) is 5.89. The van der Waals surface area contributed by atoms with Gasteiger partial charge in [0.1, 0.15) is 12.1 Å². The first-order valence-corrected chi connectivity index (χ1v) is 9.01. The molecule has 0 radical (unpaired) electrons. The van der Waals surface area contributed by atoms with Crippen molar-refractivity contribution in [3.8, 4) is 5.75 Å². The highest BCUT2D eigenvalue weighted by Crippen LogP contribution is 2.45. The van der Waals surface area contributed by atoms with Gasteiger partial charge in [0.25, 0.3) is 0 Å². The molecule has 0 amide bonds. The van der Waals surface area contributed by atoms with Crippen LogP contribution in [0.2, 0.25) is 0 Å². The van der Waals surface area contributed by atoms with Crippen molar-refractivity contribution >= 4 is 10.0 Å². The number of benzene rings is 1. The average Bonchev–Trinajstić information content (AvgIpc) is 2.91. The zero-order valence-corrected chi connectivity index (χ0v) is 13.5. The van der Waals surface area contributed by atoms with E-state index in [1.54, 1.807) is 41.9 Å². The summed E-state index contributed by atoms with van der Waals surface area (Å²) in [4.78, 5) is 8.70. The fraction of sp³-hybridized carbons (Fsp3) is 0.375. The van der Waals surface area contributed by atoms with Crippen LogP contribution < -0.4 is 4.74 Å². The Labute approximate surface area is 135 Å². The van der Waals surface area contributed by atoms with E-state index in [0.29, 0.717) is 17.1 Å². The number of fused-ring (bicyclic) bond motifs is 4. The lowest BCUT2D eigenvalue weighted by Gasteiger charge is -2.34. The summed E-state index contributed by atoms with van der Waals surface area (Å²) in [5.74, 6) is 0.643. The van der Waals surface area contributed by atoms with Gasteiger partial charge in [-0.15, -0.1) is 0 Å². The quantitative estimate of drug-likeness (QED) is 0.859. The minimum atomic E-state index is -3.54. The largest absolute Gasteiger partial charge is 0.497 e. The third-order valence-corrected chi connectivity index (χ3v) is 6.67. The standard InChI is InChI=1S/C16H17N3O3S/c1-22-12-3-5-13(6-4-12)23(20,21)19-11-2-7-16(19)14-9-17-10-18-15(14)8-11/h3-6,9-11,16H,2,7-8H2,1H3/t11-,16+/m0/s1. The number of hydrogen-bond donors (Lipinski definition) is 0. The third-order valence-electron chi connectivity index (χ3n) is 4.69. The van der Waals surface area contributed by atoms with Crippen LogP contribution in [-0.4, -0.2) is 35.8 Å². The Balaban J connectivity index is 1.75. The molecule has 1 aromatic carbocycles. The Hall–Kier alpha value is -1.99. The Kier molecular flexibility index (Phi) is 3.35. The molecule has 2 aliphatic heterocycles. The third kappa shape index (κ3) is 2.22. The second-order valence-corrected chi connectivity index (χ2v) is 7.73. The highest BCUT2D eigenvalue weighted by molar-refractivity contribution is 7.89. The summed E-state index contributed by atoms with van der Waals surface area (Å²) in [7, 11) is -1.98. The maximum absolute atomic E-state index is 13.1. The molecule has 2 aliphatic rings. The monoisotopic (exact) mass is 331 g/mol. The average molecular weight is 331 g/mol. The lowest BCUT2D eigenvalue weighted by atomic mass is 10.0. The van der Waals surface area contributed by atoms with Crippen LogP contribution in [-0.2, 0) is 16.4 Å². The molecule has 4 rings (SSSR count). The predicted octanol–water partition coefficient (Wildman–Crippen LogP) is 1.94. The van der Waals surface area contributed by atoms with E-state index in [1.165, 1.54) is 6.33 Å². The van der Waals surface area contributed by atoms with Crippen molar-refractivity contribution in [2.24, 2.45) is 0 Å². The van der Waals surface area contributed by atoms with Gasteiger partial charge in [-0.25, -0.2) is 18.4 Å². The zero-order valence-electron chi connectivity index (χ0n) is 12.7. The van der Waals surface area contributed by atoms with Crippen LogP contribution in [0.4, 0.5) is 0 Å². The van der Waals surface area contributed by atoms with Gasteiger partial charge in [0.15, 0.2) is 0 Å². The van der Waals surface area contributed by atoms with Crippen LogP contribution in [0.5, 0.6) is 5.75 Å². The molecule has 1 fully saturated rings. The normalized spacial score (nSPS) is 23.5. The summed E-state index contributed by atoms with van der Waals surface area (Å²) in [6.45, 7) is 0. The van der Waals surface area contributed by atoms with Crippen molar-refractivity contribution in [2.75, 3.05) is 7.11 Å². The summed E-state index contributed by atoms with van der Waals surface area (Å²) in [5, 5.41) is 0. The Bertz CT molecular complexity index is 836. The van der Waals surface area contributed by atoms with E-state index in [-0.39, 0.29) is 12.1 Å². The SMILES string of the molecule is COc1ccc(S(=O)(=O)N2[C@H]3CC[C@@H]2c2cncnc2C3)cc1. The zero-order chi connectivity index (χ0) is 16.0. The number of nitrogens with zero attached hydrogens (tertiary/aromatic N) is 3. The molecule has 0 saturated carbocycles. The van der Waals surface area contributed by atoms with Crippen molar-refractivity contribution < 1.29 is 13.2 Å². The van der Waals surface area contributed by atoms with Crippen LogP contribution >= 0.6 is 0 Å². The van der Waals surface area contributed by atoms with E-state index in [4.69, 9.17) is 4.74 Å². The van der Waals surface area contributed by atoms with E-state index in [0.717, 1.165) is 24.1 Å². The number of methoxy groups -OCH3 is 1. The van der Waals surface area contributed by atoms with Crippen LogP contribution in [0.15, 0.2) is 41.7 Å². The molecule has 6 nitrogen and oxygen atoms in total. The molecule has 0 unspecified atom stereocenters. The number of ether oxygens (including phenoxy) is 1. The first-order valence-electron chi connectivity index (χ1n) is 7.57. The fourth-order valence-electron chi connectivity index (χ4n) is 3.61. The summed E-state index contributed by atoms with van der Waals surface area (Å²) in [6, 6.07) is 6.38. The number of rotatable bonds is 3. The van der Waals surface area contributed by atoms with Crippen LogP contribution in [0.25, 0.3) is 0 Å². The summed E-state index contributed by atoms with van der Waals surface area (Å²) in [5.41, 5.74) is 1.92. The molecule has 1 aromatic heterocycles. The molecule has 2 atom stereocenters. The minimum Gasteiger partial charge on any atom is -0.497 e. The lowest BCUT2D eigenvalue weighted by molar-refractivity contribution is 0.300. The van der Waals surface area contributed by atoms with E-state index in [2.05, 4.69) is 9.97 Å². The highest BCUT2D eigenvalue weighted by atomic mass is 32.2. The Morgan fingerprint density at radius 2 is 2.00 bits per heavy atom. The molecule has 0 N–H and O–H groups in total. The molecule has 3 heterocycles.